The average molecular weight is 353 g/mol. The third-order valence-corrected chi connectivity index (χ3v) is 4.78. The molecule has 130 valence electrons. The van der Waals surface area contributed by atoms with Crippen molar-refractivity contribution >= 4 is 27.7 Å². The van der Waals surface area contributed by atoms with E-state index in [4.69, 9.17) is 0 Å². The Morgan fingerprint density at radius 1 is 0.926 bits per heavy atom. The molecule has 0 saturated carbocycles. The molecule has 0 amide bonds. The number of nitrogens with one attached hydrogen (secondary N) is 1. The van der Waals surface area contributed by atoms with Crippen LogP contribution in [0.2, 0.25) is 0 Å². The molecule has 5 rings (SSSR count). The van der Waals surface area contributed by atoms with Gasteiger partial charge in [-0.05, 0) is 48.5 Å². The lowest BCUT2D eigenvalue weighted by Gasteiger charge is -2.07. The van der Waals surface area contributed by atoms with Crippen molar-refractivity contribution < 1.29 is 4.79 Å². The van der Waals surface area contributed by atoms with Crippen LogP contribution in [0, 0.1) is 6.92 Å². The van der Waals surface area contributed by atoms with Gasteiger partial charge >= 0.3 is 0 Å². The molecule has 0 radical (unpaired) electrons. The van der Waals surface area contributed by atoms with Gasteiger partial charge < -0.3 is 0 Å². The Balaban J connectivity index is 1.78. The SMILES string of the molecule is Cc1ccc(C(=O)n2c3ccccc3c3cc(-c4nn[nH]n4)ccc32)cc1. The molecule has 0 aliphatic heterocycles. The molecular formula is C21H15N5O. The smallest absolute Gasteiger partial charge is 0.262 e. The molecular weight excluding hydrogens is 338 g/mol. The van der Waals surface area contributed by atoms with Gasteiger partial charge in [0, 0.05) is 21.9 Å². The summed E-state index contributed by atoms with van der Waals surface area (Å²) in [5, 5.41) is 16.2. The van der Waals surface area contributed by atoms with Crippen molar-refractivity contribution in [2.45, 2.75) is 6.92 Å². The van der Waals surface area contributed by atoms with Gasteiger partial charge in [-0.25, -0.2) is 0 Å². The molecule has 3 aromatic carbocycles. The molecule has 0 saturated heterocycles. The number of fused-ring (bicyclic) bond motifs is 3. The Morgan fingerprint density at radius 3 is 2.48 bits per heavy atom. The predicted octanol–water partition coefficient (Wildman–Crippen LogP) is 3.97. The van der Waals surface area contributed by atoms with Gasteiger partial charge in [-0.1, -0.05) is 35.9 Å². The van der Waals surface area contributed by atoms with Gasteiger partial charge in [-0.2, -0.15) is 5.21 Å². The number of aryl methyl sites for hydroxylation is 1. The summed E-state index contributed by atoms with van der Waals surface area (Å²) in [6.45, 7) is 2.01. The Morgan fingerprint density at radius 2 is 1.70 bits per heavy atom. The van der Waals surface area contributed by atoms with Crippen molar-refractivity contribution in [2.75, 3.05) is 0 Å². The highest BCUT2D eigenvalue weighted by Gasteiger charge is 2.18. The third kappa shape index (κ3) is 2.42. The van der Waals surface area contributed by atoms with Gasteiger partial charge in [0.1, 0.15) is 0 Å². The van der Waals surface area contributed by atoms with Crippen LogP contribution in [0.3, 0.4) is 0 Å². The summed E-state index contributed by atoms with van der Waals surface area (Å²) in [7, 11) is 0. The lowest BCUT2D eigenvalue weighted by atomic mass is 10.1. The first-order chi connectivity index (χ1) is 13.2. The second-order valence-corrected chi connectivity index (χ2v) is 6.49. The van der Waals surface area contributed by atoms with Crippen molar-refractivity contribution in [1.29, 1.82) is 0 Å². The van der Waals surface area contributed by atoms with Crippen molar-refractivity contribution in [1.82, 2.24) is 25.2 Å². The Bertz CT molecular complexity index is 1280. The minimum absolute atomic E-state index is 0.0477. The number of nitrogens with zero attached hydrogens (tertiary/aromatic N) is 4. The maximum absolute atomic E-state index is 13.3. The molecule has 2 heterocycles. The van der Waals surface area contributed by atoms with Crippen LogP contribution in [0.5, 0.6) is 0 Å². The average Bonchev–Trinajstić information content (AvgIpc) is 3.34. The molecule has 2 aromatic heterocycles. The van der Waals surface area contributed by atoms with E-state index in [9.17, 15) is 4.79 Å². The fourth-order valence-corrected chi connectivity index (χ4v) is 3.44. The van der Waals surface area contributed by atoms with E-state index in [1.54, 1.807) is 4.57 Å². The number of aromatic nitrogens is 5. The van der Waals surface area contributed by atoms with Crippen LogP contribution in [0.1, 0.15) is 15.9 Å². The molecule has 0 aliphatic carbocycles. The summed E-state index contributed by atoms with van der Waals surface area (Å²) < 4.78 is 1.77. The molecule has 6 heteroatoms. The van der Waals surface area contributed by atoms with E-state index in [-0.39, 0.29) is 5.91 Å². The Labute approximate surface area is 154 Å². The highest BCUT2D eigenvalue weighted by atomic mass is 16.2. The Hall–Kier alpha value is -3.80. The highest BCUT2D eigenvalue weighted by Crippen LogP contribution is 2.32. The lowest BCUT2D eigenvalue weighted by molar-refractivity contribution is 0.0969. The van der Waals surface area contributed by atoms with Crippen LogP contribution in [0.4, 0.5) is 0 Å². The zero-order chi connectivity index (χ0) is 18.4. The molecule has 1 N–H and O–H groups in total. The number of carbonyl (C=O) groups excluding carboxylic acids is 1. The second kappa shape index (κ2) is 5.88. The van der Waals surface area contributed by atoms with E-state index < -0.39 is 0 Å². The normalized spacial score (nSPS) is 11.3. The third-order valence-electron chi connectivity index (χ3n) is 4.78. The maximum atomic E-state index is 13.3. The summed E-state index contributed by atoms with van der Waals surface area (Å²) in [4.78, 5) is 13.3. The monoisotopic (exact) mass is 353 g/mol. The summed E-state index contributed by atoms with van der Waals surface area (Å²) in [5.41, 5.74) is 4.36. The minimum atomic E-state index is -0.0477. The first kappa shape index (κ1) is 15.5. The number of hydrogen-bond donors (Lipinski definition) is 1. The minimum Gasteiger partial charge on any atom is -0.276 e. The molecule has 5 aromatic rings. The van der Waals surface area contributed by atoms with Gasteiger partial charge in [0.05, 0.1) is 11.0 Å². The second-order valence-electron chi connectivity index (χ2n) is 6.49. The zero-order valence-corrected chi connectivity index (χ0v) is 14.5. The first-order valence-corrected chi connectivity index (χ1v) is 8.61. The van der Waals surface area contributed by atoms with E-state index in [0.29, 0.717) is 11.4 Å². The predicted molar refractivity (Wildman–Crippen MR) is 104 cm³/mol. The molecule has 0 spiro atoms. The van der Waals surface area contributed by atoms with Crippen molar-refractivity contribution in [2.24, 2.45) is 0 Å². The van der Waals surface area contributed by atoms with E-state index in [1.165, 1.54) is 0 Å². The number of tetrazole rings is 1. The topological polar surface area (TPSA) is 76.5 Å². The molecule has 0 fully saturated rings. The first-order valence-electron chi connectivity index (χ1n) is 8.61. The van der Waals surface area contributed by atoms with Crippen LogP contribution in [0.15, 0.2) is 66.7 Å². The molecule has 6 nitrogen and oxygen atoms in total. The summed E-state index contributed by atoms with van der Waals surface area (Å²) in [5.74, 6) is 0.479. The van der Waals surface area contributed by atoms with Crippen molar-refractivity contribution in [3.8, 4) is 11.4 Å². The molecule has 0 unspecified atom stereocenters. The number of aromatic amines is 1. The van der Waals surface area contributed by atoms with E-state index in [0.717, 1.165) is 32.9 Å². The molecule has 0 bridgehead atoms. The van der Waals surface area contributed by atoms with Crippen LogP contribution in [0.25, 0.3) is 33.2 Å². The van der Waals surface area contributed by atoms with Gasteiger partial charge in [0.2, 0.25) is 5.82 Å². The van der Waals surface area contributed by atoms with Gasteiger partial charge in [0.25, 0.3) is 5.91 Å². The number of benzene rings is 3. The number of H-pyrrole nitrogens is 1. The summed E-state index contributed by atoms with van der Waals surface area (Å²) >= 11 is 0. The van der Waals surface area contributed by atoms with Crippen LogP contribution in [-0.4, -0.2) is 31.1 Å². The fourth-order valence-electron chi connectivity index (χ4n) is 3.44. The van der Waals surface area contributed by atoms with Gasteiger partial charge in [-0.15, -0.1) is 10.2 Å². The number of rotatable bonds is 2. The summed E-state index contributed by atoms with van der Waals surface area (Å²) in [6, 6.07) is 21.4. The van der Waals surface area contributed by atoms with Crippen LogP contribution in [-0.2, 0) is 0 Å². The largest absolute Gasteiger partial charge is 0.276 e. The number of hydrogen-bond acceptors (Lipinski definition) is 4. The number of carbonyl (C=O) groups is 1. The lowest BCUT2D eigenvalue weighted by Crippen LogP contribution is -2.11. The highest BCUT2D eigenvalue weighted by molar-refractivity contribution is 6.16. The Kier molecular flexibility index (Phi) is 3.36. The fraction of sp³-hybridized carbons (Fsp3) is 0.0476. The van der Waals surface area contributed by atoms with Crippen molar-refractivity contribution in [3.63, 3.8) is 0 Å². The van der Waals surface area contributed by atoms with E-state index >= 15 is 0 Å². The van der Waals surface area contributed by atoms with E-state index in [1.807, 2.05) is 73.7 Å². The summed E-state index contributed by atoms with van der Waals surface area (Å²) in [6.07, 6.45) is 0. The van der Waals surface area contributed by atoms with Gasteiger partial charge in [-0.3, -0.25) is 9.36 Å². The maximum Gasteiger partial charge on any atom is 0.262 e. The molecule has 0 aliphatic rings. The van der Waals surface area contributed by atoms with Gasteiger partial charge in [0.15, 0.2) is 0 Å². The van der Waals surface area contributed by atoms with Crippen LogP contribution >= 0.6 is 0 Å². The quantitative estimate of drug-likeness (QED) is 0.521. The van der Waals surface area contributed by atoms with E-state index in [2.05, 4.69) is 20.6 Å². The van der Waals surface area contributed by atoms with Crippen molar-refractivity contribution in [3.05, 3.63) is 77.9 Å². The molecule has 0 atom stereocenters. The zero-order valence-electron chi connectivity index (χ0n) is 14.5. The standard InChI is InChI=1S/C21H15N5O/c1-13-6-8-14(9-7-13)21(27)26-18-5-3-2-4-16(18)17-12-15(10-11-19(17)26)20-22-24-25-23-20/h2-12H,1H3,(H,22,23,24,25). The van der Waals surface area contributed by atoms with Crippen LogP contribution < -0.4 is 0 Å². The molecule has 27 heavy (non-hydrogen) atoms. The number of para-hydroxylation sites is 1.